The molecule has 1 N–H and O–H groups in total. The molecule has 3 aliphatic rings. The molecule has 9 heteroatoms. The molecule has 2 amide bonds. The Balaban J connectivity index is 1.68. The molecule has 0 spiro atoms. The van der Waals surface area contributed by atoms with Crippen LogP contribution in [0.2, 0.25) is 0 Å². The van der Waals surface area contributed by atoms with Crippen molar-refractivity contribution in [2.45, 2.75) is 45.2 Å². The fraction of sp³-hybridized carbons (Fsp3) is 0.500. The maximum Gasteiger partial charge on any atom is 0.257 e. The van der Waals surface area contributed by atoms with Gasteiger partial charge >= 0.3 is 0 Å². The van der Waals surface area contributed by atoms with Gasteiger partial charge in [0.15, 0.2) is 5.76 Å². The fourth-order valence-electron chi connectivity index (χ4n) is 4.45. The number of anilines is 1. The van der Waals surface area contributed by atoms with Gasteiger partial charge in [-0.15, -0.1) is 0 Å². The monoisotopic (exact) mass is 474 g/mol. The van der Waals surface area contributed by atoms with Crippen LogP contribution in [-0.2, 0) is 30.7 Å². The molecule has 0 saturated heterocycles. The number of fused-ring (bicyclic) bond motifs is 1. The zero-order chi connectivity index (χ0) is 23.8. The fourth-order valence-corrected chi connectivity index (χ4v) is 5.42. The van der Waals surface area contributed by atoms with Crippen molar-refractivity contribution < 1.29 is 27.5 Å². The highest BCUT2D eigenvalue weighted by Crippen LogP contribution is 2.37. The molecule has 8 nitrogen and oxygen atoms in total. The van der Waals surface area contributed by atoms with E-state index in [-0.39, 0.29) is 30.0 Å². The number of ether oxygens (including phenoxy) is 2. The van der Waals surface area contributed by atoms with Crippen LogP contribution in [0.25, 0.3) is 0 Å². The number of hydrogen-bond acceptors (Lipinski definition) is 6. The Morgan fingerprint density at radius 3 is 2.67 bits per heavy atom. The number of sulfone groups is 1. The van der Waals surface area contributed by atoms with Gasteiger partial charge in [-0.2, -0.15) is 0 Å². The van der Waals surface area contributed by atoms with Crippen molar-refractivity contribution in [3.63, 3.8) is 0 Å². The Morgan fingerprint density at radius 2 is 2.03 bits per heavy atom. The molecular formula is C24H30N2O6S. The Morgan fingerprint density at radius 1 is 1.27 bits per heavy atom. The lowest BCUT2D eigenvalue weighted by Gasteiger charge is -2.32. The highest BCUT2D eigenvalue weighted by atomic mass is 32.2. The van der Waals surface area contributed by atoms with E-state index in [1.165, 1.54) is 6.26 Å². The average molecular weight is 475 g/mol. The molecule has 4 rings (SSSR count). The van der Waals surface area contributed by atoms with Crippen LogP contribution < -0.4 is 5.32 Å². The molecule has 0 radical (unpaired) electrons. The molecule has 1 aromatic carbocycles. The predicted molar refractivity (Wildman–Crippen MR) is 124 cm³/mol. The summed E-state index contributed by atoms with van der Waals surface area (Å²) < 4.78 is 35.9. The van der Waals surface area contributed by atoms with Gasteiger partial charge in [0.2, 0.25) is 5.91 Å². The van der Waals surface area contributed by atoms with E-state index in [0.29, 0.717) is 42.2 Å². The normalized spacial score (nSPS) is 19.2. The first-order chi connectivity index (χ1) is 15.7. The Kier molecular flexibility index (Phi) is 6.52. The first kappa shape index (κ1) is 23.4. The lowest BCUT2D eigenvalue weighted by Crippen LogP contribution is -2.42. The van der Waals surface area contributed by atoms with E-state index in [4.69, 9.17) is 9.47 Å². The second-order valence-corrected chi connectivity index (χ2v) is 11.0. The molecular weight excluding hydrogens is 444 g/mol. The van der Waals surface area contributed by atoms with Crippen LogP contribution in [0.4, 0.5) is 5.69 Å². The van der Waals surface area contributed by atoms with Gasteiger partial charge in [-0.05, 0) is 49.5 Å². The number of allylic oxidation sites excluding steroid dienone is 2. The molecule has 1 aliphatic heterocycles. The van der Waals surface area contributed by atoms with Crippen LogP contribution in [0.3, 0.4) is 0 Å². The minimum absolute atomic E-state index is 0.0117. The van der Waals surface area contributed by atoms with Gasteiger partial charge in [0.25, 0.3) is 5.91 Å². The zero-order valence-electron chi connectivity index (χ0n) is 19.2. The van der Waals surface area contributed by atoms with E-state index in [0.717, 1.165) is 24.0 Å². The van der Waals surface area contributed by atoms with Crippen molar-refractivity contribution >= 4 is 27.3 Å². The number of carbonyl (C=O) groups excluding carboxylic acids is 2. The smallest absolute Gasteiger partial charge is 0.257 e. The summed E-state index contributed by atoms with van der Waals surface area (Å²) in [4.78, 5) is 27.5. The second kappa shape index (κ2) is 9.21. The van der Waals surface area contributed by atoms with E-state index >= 15 is 0 Å². The Hall–Kier alpha value is -2.81. The van der Waals surface area contributed by atoms with Crippen LogP contribution in [0.15, 0.2) is 41.4 Å². The third-order valence-corrected chi connectivity index (χ3v) is 7.14. The molecule has 0 bridgehead atoms. The van der Waals surface area contributed by atoms with Gasteiger partial charge in [-0.25, -0.2) is 8.42 Å². The molecule has 1 saturated carbocycles. The Labute approximate surface area is 194 Å². The van der Waals surface area contributed by atoms with Crippen LogP contribution >= 0.6 is 0 Å². The van der Waals surface area contributed by atoms with Crippen molar-refractivity contribution in [1.82, 2.24) is 4.90 Å². The van der Waals surface area contributed by atoms with Crippen LogP contribution in [-0.4, -0.2) is 56.9 Å². The first-order valence-corrected chi connectivity index (χ1v) is 13.3. The zero-order valence-corrected chi connectivity index (χ0v) is 20.0. The van der Waals surface area contributed by atoms with Gasteiger partial charge < -0.3 is 19.7 Å². The summed E-state index contributed by atoms with van der Waals surface area (Å²) in [6.07, 6.45) is 5.85. The molecule has 33 heavy (non-hydrogen) atoms. The topological polar surface area (TPSA) is 102 Å². The molecule has 178 valence electrons. The molecule has 1 fully saturated rings. The predicted octanol–water partition coefficient (Wildman–Crippen LogP) is 3.02. The Bertz CT molecular complexity index is 1130. The van der Waals surface area contributed by atoms with Crippen molar-refractivity contribution in [2.75, 3.05) is 31.0 Å². The number of amides is 2. The highest BCUT2D eigenvalue weighted by molar-refractivity contribution is 7.90. The standard InChI is InChI=1S/C24H30N2O6S/c1-4-32-21-12-16(10-11-20(21)31-2)19(14-33(3,29)30)26-13-17-6-5-7-18(22(17)24(26)28)25-23(27)15-8-9-15/h5-7,12,15,19H,4,8-11,13-14H2,1-3H3,(H,25,27)/t19-/m1/s1. The van der Waals surface area contributed by atoms with Gasteiger partial charge in [-0.3, -0.25) is 9.59 Å². The van der Waals surface area contributed by atoms with Gasteiger partial charge in [0.1, 0.15) is 15.6 Å². The van der Waals surface area contributed by atoms with Gasteiger partial charge in [0.05, 0.1) is 36.8 Å². The summed E-state index contributed by atoms with van der Waals surface area (Å²) in [6, 6.07) is 4.75. The number of rotatable bonds is 9. The molecule has 1 aromatic rings. The molecule has 1 atom stereocenters. The number of methoxy groups -OCH3 is 1. The summed E-state index contributed by atoms with van der Waals surface area (Å²) in [6.45, 7) is 2.60. The molecule has 0 unspecified atom stereocenters. The average Bonchev–Trinajstić information content (AvgIpc) is 3.56. The van der Waals surface area contributed by atoms with Gasteiger partial charge in [0, 0.05) is 25.1 Å². The largest absolute Gasteiger partial charge is 0.497 e. The van der Waals surface area contributed by atoms with Crippen molar-refractivity contribution in [1.29, 1.82) is 0 Å². The van der Waals surface area contributed by atoms with Crippen molar-refractivity contribution in [2.24, 2.45) is 5.92 Å². The van der Waals surface area contributed by atoms with Crippen LogP contribution in [0, 0.1) is 5.92 Å². The maximum atomic E-state index is 13.6. The van der Waals surface area contributed by atoms with Crippen LogP contribution in [0.5, 0.6) is 0 Å². The van der Waals surface area contributed by atoms with E-state index in [9.17, 15) is 18.0 Å². The lowest BCUT2D eigenvalue weighted by atomic mass is 9.95. The molecule has 1 heterocycles. The van der Waals surface area contributed by atoms with Gasteiger partial charge in [-0.1, -0.05) is 12.1 Å². The second-order valence-electron chi connectivity index (χ2n) is 8.79. The summed E-state index contributed by atoms with van der Waals surface area (Å²) in [5, 5.41) is 2.90. The maximum absolute atomic E-state index is 13.6. The van der Waals surface area contributed by atoms with E-state index in [1.807, 2.05) is 25.1 Å². The summed E-state index contributed by atoms with van der Waals surface area (Å²) in [7, 11) is -1.81. The molecule has 2 aliphatic carbocycles. The summed E-state index contributed by atoms with van der Waals surface area (Å²) in [5.74, 6) is 0.754. The number of nitrogens with zero attached hydrogens (tertiary/aromatic N) is 1. The van der Waals surface area contributed by atoms with E-state index < -0.39 is 15.9 Å². The third-order valence-electron chi connectivity index (χ3n) is 6.22. The first-order valence-electron chi connectivity index (χ1n) is 11.2. The molecule has 0 aromatic heterocycles. The highest BCUT2D eigenvalue weighted by Gasteiger charge is 2.39. The number of benzene rings is 1. The van der Waals surface area contributed by atoms with Crippen LogP contribution in [0.1, 0.15) is 48.5 Å². The lowest BCUT2D eigenvalue weighted by molar-refractivity contribution is -0.117. The number of hydrogen-bond donors (Lipinski definition) is 1. The summed E-state index contributed by atoms with van der Waals surface area (Å²) in [5.41, 5.74) is 2.53. The SMILES string of the molecule is CCOC1=C(OC)CCC([C@@H](CS(C)(=O)=O)N2Cc3cccc(NC(=O)C4CC4)c3C2=O)=C1. The summed E-state index contributed by atoms with van der Waals surface area (Å²) >= 11 is 0. The van der Waals surface area contributed by atoms with E-state index in [1.54, 1.807) is 18.1 Å². The van der Waals surface area contributed by atoms with E-state index in [2.05, 4.69) is 5.32 Å². The van der Waals surface area contributed by atoms with Crippen molar-refractivity contribution in [3.05, 3.63) is 52.5 Å². The minimum atomic E-state index is -3.39. The number of carbonyl (C=O) groups is 2. The third kappa shape index (κ3) is 5.08. The van der Waals surface area contributed by atoms with Crippen molar-refractivity contribution in [3.8, 4) is 0 Å². The minimum Gasteiger partial charge on any atom is -0.497 e. The number of nitrogens with one attached hydrogen (secondary N) is 1. The quantitative estimate of drug-likeness (QED) is 0.590.